The molecule has 0 atom stereocenters. The number of ether oxygens (including phenoxy) is 4. The molecule has 0 N–H and O–H groups in total. The maximum Gasteiger partial charge on any atom is 0.349 e. The monoisotopic (exact) mass is 406 g/mol. The van der Waals surface area contributed by atoms with E-state index in [4.69, 9.17) is 18.9 Å². The van der Waals surface area contributed by atoms with Crippen LogP contribution in [0.1, 0.15) is 11.1 Å². The summed E-state index contributed by atoms with van der Waals surface area (Å²) in [4.78, 5) is 23.9. The first-order chi connectivity index (χ1) is 14.5. The van der Waals surface area contributed by atoms with Crippen LogP contribution in [0, 0.1) is 13.8 Å². The molecular weight excluding hydrogens is 384 g/mol. The molecule has 0 heterocycles. The highest BCUT2D eigenvalue weighted by Crippen LogP contribution is 2.20. The zero-order chi connectivity index (χ0) is 21.3. The lowest BCUT2D eigenvalue weighted by molar-refractivity contribution is -0.137. The molecule has 0 saturated heterocycles. The summed E-state index contributed by atoms with van der Waals surface area (Å²) in [6, 6.07) is 21.1. The molecular formula is C24H22O6. The minimum Gasteiger partial charge on any atom is -0.482 e. The molecule has 0 radical (unpaired) electrons. The van der Waals surface area contributed by atoms with Crippen molar-refractivity contribution in [2.75, 3.05) is 13.2 Å². The van der Waals surface area contributed by atoms with Gasteiger partial charge in [-0.25, -0.2) is 9.59 Å². The van der Waals surface area contributed by atoms with E-state index in [1.807, 2.05) is 38.1 Å². The molecule has 0 aliphatic heterocycles. The van der Waals surface area contributed by atoms with Gasteiger partial charge in [0.05, 0.1) is 0 Å². The molecule has 0 aliphatic rings. The van der Waals surface area contributed by atoms with Crippen LogP contribution in [0.4, 0.5) is 0 Å². The molecule has 154 valence electrons. The number of hydrogen-bond acceptors (Lipinski definition) is 6. The van der Waals surface area contributed by atoms with E-state index in [2.05, 4.69) is 0 Å². The summed E-state index contributed by atoms with van der Waals surface area (Å²) in [5, 5.41) is 0. The Labute approximate surface area is 175 Å². The lowest BCUT2D eigenvalue weighted by Crippen LogP contribution is -2.18. The average molecular weight is 406 g/mol. The lowest BCUT2D eigenvalue weighted by Gasteiger charge is -2.10. The number of aryl methyl sites for hydroxylation is 2. The minimum absolute atomic E-state index is 0.225. The van der Waals surface area contributed by atoms with Crippen LogP contribution >= 0.6 is 0 Å². The van der Waals surface area contributed by atoms with Crippen molar-refractivity contribution in [1.29, 1.82) is 0 Å². The van der Waals surface area contributed by atoms with Gasteiger partial charge in [-0.05, 0) is 61.4 Å². The highest BCUT2D eigenvalue weighted by atomic mass is 16.6. The van der Waals surface area contributed by atoms with Crippen LogP contribution in [0.5, 0.6) is 23.0 Å². The van der Waals surface area contributed by atoms with Gasteiger partial charge in [-0.1, -0.05) is 36.4 Å². The van der Waals surface area contributed by atoms with Crippen LogP contribution in [0.25, 0.3) is 0 Å². The minimum atomic E-state index is -0.497. The molecule has 0 aromatic heterocycles. The average Bonchev–Trinajstić information content (AvgIpc) is 2.75. The molecule has 0 bridgehead atoms. The van der Waals surface area contributed by atoms with Gasteiger partial charge in [0.2, 0.25) is 0 Å². The molecule has 0 aliphatic carbocycles. The predicted octanol–water partition coefficient (Wildman–Crippen LogP) is 4.27. The van der Waals surface area contributed by atoms with Gasteiger partial charge in [0.1, 0.15) is 23.0 Å². The second-order valence-corrected chi connectivity index (χ2v) is 6.53. The molecule has 0 saturated carbocycles. The molecule has 6 heteroatoms. The highest BCUT2D eigenvalue weighted by molar-refractivity contribution is 5.75. The fourth-order valence-electron chi connectivity index (χ4n) is 2.56. The van der Waals surface area contributed by atoms with Crippen molar-refractivity contribution in [2.24, 2.45) is 0 Å². The fourth-order valence-corrected chi connectivity index (χ4v) is 2.56. The number of esters is 2. The first-order valence-electron chi connectivity index (χ1n) is 9.39. The fraction of sp³-hybridized carbons (Fsp3) is 0.167. The van der Waals surface area contributed by atoms with Crippen LogP contribution in [-0.4, -0.2) is 25.2 Å². The van der Waals surface area contributed by atoms with Gasteiger partial charge in [0.15, 0.2) is 13.2 Å². The molecule has 0 unspecified atom stereocenters. The molecule has 30 heavy (non-hydrogen) atoms. The zero-order valence-electron chi connectivity index (χ0n) is 16.8. The number of rotatable bonds is 8. The number of hydrogen-bond donors (Lipinski definition) is 0. The summed E-state index contributed by atoms with van der Waals surface area (Å²) >= 11 is 0. The molecule has 3 aromatic carbocycles. The predicted molar refractivity (Wildman–Crippen MR) is 111 cm³/mol. The van der Waals surface area contributed by atoms with Gasteiger partial charge in [0, 0.05) is 0 Å². The number of para-hydroxylation sites is 2. The number of carbonyl (C=O) groups is 2. The van der Waals surface area contributed by atoms with Gasteiger partial charge in [-0.15, -0.1) is 0 Å². The van der Waals surface area contributed by atoms with E-state index in [9.17, 15) is 9.59 Å². The van der Waals surface area contributed by atoms with Crippen molar-refractivity contribution in [1.82, 2.24) is 0 Å². The number of carbonyl (C=O) groups excluding carboxylic acids is 2. The van der Waals surface area contributed by atoms with Crippen LogP contribution in [0.3, 0.4) is 0 Å². The summed E-state index contributed by atoms with van der Waals surface area (Å²) < 4.78 is 21.4. The Hall–Kier alpha value is -3.80. The van der Waals surface area contributed by atoms with Gasteiger partial charge in [-0.2, -0.15) is 0 Å². The summed E-state index contributed by atoms with van der Waals surface area (Å²) in [6.07, 6.45) is 0. The van der Waals surface area contributed by atoms with Gasteiger partial charge in [0.25, 0.3) is 0 Å². The van der Waals surface area contributed by atoms with E-state index in [0.717, 1.165) is 11.1 Å². The van der Waals surface area contributed by atoms with Gasteiger partial charge < -0.3 is 18.9 Å². The first-order valence-corrected chi connectivity index (χ1v) is 9.39. The summed E-state index contributed by atoms with van der Waals surface area (Å²) in [5.41, 5.74) is 1.74. The van der Waals surface area contributed by atoms with Gasteiger partial charge in [-0.3, -0.25) is 0 Å². The molecule has 3 aromatic rings. The third-order valence-electron chi connectivity index (χ3n) is 4.17. The van der Waals surface area contributed by atoms with Crippen LogP contribution in [0.15, 0.2) is 72.8 Å². The Kier molecular flexibility index (Phi) is 7.05. The SMILES string of the molecule is Cc1ccccc1OC(=O)COc1ccc(OCC(=O)Oc2ccccc2C)cc1. The molecule has 0 spiro atoms. The second kappa shape index (κ2) is 10.1. The third kappa shape index (κ3) is 6.10. The van der Waals surface area contributed by atoms with Crippen molar-refractivity contribution in [2.45, 2.75) is 13.8 Å². The Morgan fingerprint density at radius 1 is 0.600 bits per heavy atom. The van der Waals surface area contributed by atoms with E-state index >= 15 is 0 Å². The van der Waals surface area contributed by atoms with Crippen molar-refractivity contribution in [3.8, 4) is 23.0 Å². The normalized spacial score (nSPS) is 10.2. The molecule has 0 fully saturated rings. The summed E-state index contributed by atoms with van der Waals surface area (Å²) in [7, 11) is 0. The smallest absolute Gasteiger partial charge is 0.349 e. The van der Waals surface area contributed by atoms with Crippen LogP contribution in [-0.2, 0) is 9.59 Å². The van der Waals surface area contributed by atoms with Crippen LogP contribution < -0.4 is 18.9 Å². The Morgan fingerprint density at radius 3 is 1.33 bits per heavy atom. The van der Waals surface area contributed by atoms with Crippen molar-refractivity contribution >= 4 is 11.9 Å². The summed E-state index contributed by atoms with van der Waals surface area (Å²) in [5.74, 6) is 0.977. The van der Waals surface area contributed by atoms with E-state index in [1.165, 1.54) is 0 Å². The van der Waals surface area contributed by atoms with E-state index in [0.29, 0.717) is 23.0 Å². The second-order valence-electron chi connectivity index (χ2n) is 6.53. The quantitative estimate of drug-likeness (QED) is 0.411. The van der Waals surface area contributed by atoms with Gasteiger partial charge >= 0.3 is 11.9 Å². The molecule has 0 amide bonds. The number of benzene rings is 3. The Bertz CT molecular complexity index is 928. The highest BCUT2D eigenvalue weighted by Gasteiger charge is 2.10. The van der Waals surface area contributed by atoms with E-state index in [1.54, 1.807) is 48.5 Å². The topological polar surface area (TPSA) is 71.1 Å². The molecule has 3 rings (SSSR count). The Morgan fingerprint density at radius 2 is 0.967 bits per heavy atom. The molecule has 6 nitrogen and oxygen atoms in total. The Balaban J connectivity index is 1.43. The van der Waals surface area contributed by atoms with Crippen molar-refractivity contribution in [3.63, 3.8) is 0 Å². The van der Waals surface area contributed by atoms with E-state index in [-0.39, 0.29) is 13.2 Å². The van der Waals surface area contributed by atoms with Crippen molar-refractivity contribution < 1.29 is 28.5 Å². The van der Waals surface area contributed by atoms with Crippen LogP contribution in [0.2, 0.25) is 0 Å². The largest absolute Gasteiger partial charge is 0.482 e. The summed E-state index contributed by atoms with van der Waals surface area (Å²) in [6.45, 7) is 3.27. The van der Waals surface area contributed by atoms with E-state index < -0.39 is 11.9 Å². The van der Waals surface area contributed by atoms with Crippen molar-refractivity contribution in [3.05, 3.63) is 83.9 Å². The maximum absolute atomic E-state index is 11.9. The standard InChI is InChI=1S/C24H22O6/c1-17-7-3-5-9-21(17)29-23(25)15-27-19-11-13-20(14-12-19)28-16-24(26)30-22-10-6-4-8-18(22)2/h3-14H,15-16H2,1-2H3. The third-order valence-corrected chi connectivity index (χ3v) is 4.17. The first kappa shape index (κ1) is 20.9. The zero-order valence-corrected chi connectivity index (χ0v) is 16.8. The lowest BCUT2D eigenvalue weighted by atomic mass is 10.2. The maximum atomic E-state index is 11.9.